The fraction of sp³-hybridized carbons (Fsp3) is 0.435. The van der Waals surface area contributed by atoms with Crippen LogP contribution in [0.4, 0.5) is 5.69 Å². The van der Waals surface area contributed by atoms with Crippen LogP contribution in [0, 0.1) is 26.7 Å². The molecule has 1 fully saturated rings. The molecule has 2 aromatic rings. The Kier molecular flexibility index (Phi) is 5.97. The highest BCUT2D eigenvalue weighted by atomic mass is 32.2. The molecule has 0 atom stereocenters. The summed E-state index contributed by atoms with van der Waals surface area (Å²) in [7, 11) is -3.56. The number of anilines is 1. The van der Waals surface area contributed by atoms with Crippen LogP contribution in [-0.4, -0.2) is 44.0 Å². The lowest BCUT2D eigenvalue weighted by Crippen LogP contribution is -2.46. The van der Waals surface area contributed by atoms with Crippen molar-refractivity contribution < 1.29 is 13.2 Å². The van der Waals surface area contributed by atoms with Gasteiger partial charge in [-0.1, -0.05) is 29.8 Å². The molecule has 2 heterocycles. The highest BCUT2D eigenvalue weighted by Crippen LogP contribution is 2.36. The predicted molar refractivity (Wildman–Crippen MR) is 122 cm³/mol. The van der Waals surface area contributed by atoms with Gasteiger partial charge >= 0.3 is 0 Å². The van der Waals surface area contributed by atoms with Gasteiger partial charge in [-0.2, -0.15) is 4.31 Å². The molecule has 0 N–H and O–H groups in total. The number of hydrogen-bond acceptors (Lipinski definition) is 4. The molecule has 0 bridgehead atoms. The van der Waals surface area contributed by atoms with Crippen LogP contribution >= 0.6 is 11.8 Å². The van der Waals surface area contributed by atoms with Crippen LogP contribution in [0.1, 0.15) is 29.5 Å². The molecule has 0 unspecified atom stereocenters. The molecule has 4 rings (SSSR count). The second-order valence-electron chi connectivity index (χ2n) is 8.21. The van der Waals surface area contributed by atoms with Crippen molar-refractivity contribution in [2.24, 2.45) is 5.92 Å². The van der Waals surface area contributed by atoms with Crippen molar-refractivity contribution >= 4 is 33.4 Å². The first kappa shape index (κ1) is 21.4. The van der Waals surface area contributed by atoms with E-state index in [1.54, 1.807) is 16.1 Å². The second-order valence-corrected chi connectivity index (χ2v) is 11.2. The lowest BCUT2D eigenvalue weighted by atomic mass is 9.96. The summed E-state index contributed by atoms with van der Waals surface area (Å²) >= 11 is 1.78. The van der Waals surface area contributed by atoms with Gasteiger partial charge in [-0.15, -0.1) is 11.8 Å². The van der Waals surface area contributed by atoms with Gasteiger partial charge in [0.05, 0.1) is 10.6 Å². The van der Waals surface area contributed by atoms with Crippen LogP contribution in [0.25, 0.3) is 0 Å². The van der Waals surface area contributed by atoms with Gasteiger partial charge in [0.15, 0.2) is 0 Å². The summed E-state index contributed by atoms with van der Waals surface area (Å²) in [6, 6.07) is 11.9. The quantitative estimate of drug-likeness (QED) is 0.714. The normalized spacial score (nSPS) is 18.3. The number of aryl methyl sites for hydroxylation is 3. The number of fused-ring (bicyclic) bond motifs is 1. The minimum Gasteiger partial charge on any atom is -0.310 e. The van der Waals surface area contributed by atoms with E-state index in [4.69, 9.17) is 0 Å². The fourth-order valence-corrected chi connectivity index (χ4v) is 7.54. The smallest absolute Gasteiger partial charge is 0.243 e. The summed E-state index contributed by atoms with van der Waals surface area (Å²) in [5.74, 6) is 0.886. The molecule has 0 spiro atoms. The molecular weight excluding hydrogens is 416 g/mol. The van der Waals surface area contributed by atoms with Crippen LogP contribution in [0.3, 0.4) is 0 Å². The molecule has 2 aliphatic heterocycles. The van der Waals surface area contributed by atoms with Gasteiger partial charge in [0.2, 0.25) is 15.9 Å². The molecular formula is C23H28N2O3S2. The van der Waals surface area contributed by atoms with Gasteiger partial charge in [-0.3, -0.25) is 4.79 Å². The highest BCUT2D eigenvalue weighted by molar-refractivity contribution is 7.99. The van der Waals surface area contributed by atoms with Crippen LogP contribution in [0.5, 0.6) is 0 Å². The number of rotatable bonds is 3. The van der Waals surface area contributed by atoms with E-state index in [9.17, 15) is 13.2 Å². The summed E-state index contributed by atoms with van der Waals surface area (Å²) in [5, 5.41) is 0. The first-order chi connectivity index (χ1) is 14.3. The van der Waals surface area contributed by atoms with Crippen LogP contribution < -0.4 is 4.90 Å². The van der Waals surface area contributed by atoms with Gasteiger partial charge in [0.25, 0.3) is 0 Å². The maximum Gasteiger partial charge on any atom is 0.243 e. The minimum absolute atomic E-state index is 0.127. The molecule has 7 heteroatoms. The lowest BCUT2D eigenvalue weighted by molar-refractivity contribution is -0.123. The summed E-state index contributed by atoms with van der Waals surface area (Å²) in [4.78, 5) is 16.7. The number of amides is 1. The number of hydrogen-bond donors (Lipinski definition) is 0. The van der Waals surface area contributed by atoms with Crippen LogP contribution in [0.15, 0.2) is 46.2 Å². The molecule has 0 aliphatic carbocycles. The van der Waals surface area contributed by atoms with Gasteiger partial charge < -0.3 is 4.90 Å². The van der Waals surface area contributed by atoms with E-state index in [2.05, 4.69) is 6.07 Å². The Morgan fingerprint density at radius 3 is 2.30 bits per heavy atom. The maximum absolute atomic E-state index is 13.3. The van der Waals surface area contributed by atoms with E-state index in [1.807, 2.05) is 56.0 Å². The van der Waals surface area contributed by atoms with E-state index in [-0.39, 0.29) is 11.8 Å². The standard InChI is InChI=1S/C23H28N2O3S2/c1-16-14-17(2)22(18(3)15-16)30(27,28)24-10-8-19(9-11-24)23(26)25-12-13-29-21-7-5-4-6-20(21)25/h4-7,14-15,19H,8-13H2,1-3H3. The number of para-hydroxylation sites is 1. The minimum atomic E-state index is -3.56. The third-order valence-electron chi connectivity index (χ3n) is 6.00. The number of benzene rings is 2. The second kappa shape index (κ2) is 8.36. The highest BCUT2D eigenvalue weighted by Gasteiger charge is 2.36. The fourth-order valence-electron chi connectivity index (χ4n) is 4.66. The summed E-state index contributed by atoms with van der Waals surface area (Å²) in [6.45, 7) is 7.17. The van der Waals surface area contributed by atoms with Crippen molar-refractivity contribution in [1.82, 2.24) is 4.31 Å². The Hall–Kier alpha value is -1.83. The topological polar surface area (TPSA) is 57.7 Å². The predicted octanol–water partition coefficient (Wildman–Crippen LogP) is 4.15. The van der Waals surface area contributed by atoms with Gasteiger partial charge in [0.1, 0.15) is 0 Å². The Morgan fingerprint density at radius 1 is 1.00 bits per heavy atom. The molecule has 0 radical (unpaired) electrons. The molecule has 2 aliphatic rings. The Balaban J connectivity index is 1.49. The Labute approximate surface area is 183 Å². The molecule has 1 saturated heterocycles. The molecule has 1 amide bonds. The van der Waals surface area contributed by atoms with Crippen molar-refractivity contribution in [3.63, 3.8) is 0 Å². The molecule has 0 saturated carbocycles. The first-order valence-electron chi connectivity index (χ1n) is 10.4. The van der Waals surface area contributed by atoms with Crippen molar-refractivity contribution in [1.29, 1.82) is 0 Å². The van der Waals surface area contributed by atoms with Gasteiger partial charge in [-0.25, -0.2) is 8.42 Å². The van der Waals surface area contributed by atoms with E-state index in [0.29, 0.717) is 37.4 Å². The Bertz CT molecular complexity index is 1050. The first-order valence-corrected chi connectivity index (χ1v) is 12.8. The van der Waals surface area contributed by atoms with Crippen molar-refractivity contribution in [2.75, 3.05) is 30.3 Å². The zero-order valence-corrected chi connectivity index (χ0v) is 19.4. The summed E-state index contributed by atoms with van der Waals surface area (Å²) < 4.78 is 28.2. The average Bonchev–Trinajstić information content (AvgIpc) is 2.72. The number of nitrogens with zero attached hydrogens (tertiary/aromatic N) is 2. The Morgan fingerprint density at radius 2 is 1.63 bits per heavy atom. The monoisotopic (exact) mass is 444 g/mol. The number of carbonyl (C=O) groups excluding carboxylic acids is 1. The number of thioether (sulfide) groups is 1. The van der Waals surface area contributed by atoms with Crippen LogP contribution in [0.2, 0.25) is 0 Å². The third-order valence-corrected chi connectivity index (χ3v) is 9.25. The molecule has 30 heavy (non-hydrogen) atoms. The molecule has 0 aromatic heterocycles. The summed E-state index contributed by atoms with van der Waals surface area (Å²) in [6.07, 6.45) is 1.13. The van der Waals surface area contributed by atoms with Crippen molar-refractivity contribution in [2.45, 2.75) is 43.4 Å². The zero-order chi connectivity index (χ0) is 21.5. The van der Waals surface area contributed by atoms with E-state index < -0.39 is 10.0 Å². The maximum atomic E-state index is 13.3. The molecule has 5 nitrogen and oxygen atoms in total. The van der Waals surface area contributed by atoms with Gasteiger partial charge in [-0.05, 0) is 56.9 Å². The largest absolute Gasteiger partial charge is 0.310 e. The average molecular weight is 445 g/mol. The van der Waals surface area contributed by atoms with E-state index in [0.717, 1.165) is 33.0 Å². The van der Waals surface area contributed by atoms with Gasteiger partial charge in [0, 0.05) is 36.2 Å². The molecule has 2 aromatic carbocycles. The lowest BCUT2D eigenvalue weighted by Gasteiger charge is -2.36. The van der Waals surface area contributed by atoms with Crippen molar-refractivity contribution in [3.8, 4) is 0 Å². The van der Waals surface area contributed by atoms with E-state index >= 15 is 0 Å². The number of piperidine rings is 1. The van der Waals surface area contributed by atoms with Crippen molar-refractivity contribution in [3.05, 3.63) is 53.1 Å². The third kappa shape index (κ3) is 3.90. The SMILES string of the molecule is Cc1cc(C)c(S(=O)(=O)N2CCC(C(=O)N3CCSc4ccccc43)CC2)c(C)c1. The molecule has 160 valence electrons. The number of sulfonamides is 1. The summed E-state index contributed by atoms with van der Waals surface area (Å²) in [5.41, 5.74) is 3.62. The number of carbonyl (C=O) groups is 1. The zero-order valence-electron chi connectivity index (χ0n) is 17.7. The van der Waals surface area contributed by atoms with E-state index in [1.165, 1.54) is 0 Å². The van der Waals surface area contributed by atoms with Crippen LogP contribution in [-0.2, 0) is 14.8 Å².